The highest BCUT2D eigenvalue weighted by Gasteiger charge is 2.22. The number of methoxy groups -OCH3 is 1. The van der Waals surface area contributed by atoms with Crippen molar-refractivity contribution in [3.63, 3.8) is 0 Å². The lowest BCUT2D eigenvalue weighted by Gasteiger charge is -2.17. The van der Waals surface area contributed by atoms with Crippen molar-refractivity contribution in [1.82, 2.24) is 5.32 Å². The van der Waals surface area contributed by atoms with Crippen LogP contribution in [-0.4, -0.2) is 19.6 Å². The Morgan fingerprint density at radius 2 is 1.93 bits per heavy atom. The lowest BCUT2D eigenvalue weighted by Crippen LogP contribution is -2.31. The van der Waals surface area contributed by atoms with Gasteiger partial charge in [-0.2, -0.15) is 0 Å². The molecule has 0 heterocycles. The van der Waals surface area contributed by atoms with Gasteiger partial charge in [0.25, 0.3) is 5.91 Å². The lowest BCUT2D eigenvalue weighted by atomic mass is 10.1. The maximum absolute atomic E-state index is 14.6. The Morgan fingerprint density at radius 3 is 2.53 bits per heavy atom. The third-order valence-electron chi connectivity index (χ3n) is 4.03. The number of carbonyl (C=O) groups is 1. The largest absolute Gasteiger partial charge is 0.497 e. The van der Waals surface area contributed by atoms with E-state index in [0.717, 1.165) is 6.20 Å². The number of halogens is 3. The Balaban J connectivity index is 2.14. The zero-order chi connectivity index (χ0) is 22.3. The highest BCUT2D eigenvalue weighted by Crippen LogP contribution is 2.28. The van der Waals surface area contributed by atoms with E-state index in [1.165, 1.54) is 32.2 Å². The van der Waals surface area contributed by atoms with Crippen molar-refractivity contribution in [3.05, 3.63) is 81.3 Å². The number of amides is 1. The molecule has 0 aliphatic rings. The predicted molar refractivity (Wildman–Crippen MR) is 116 cm³/mol. The Morgan fingerprint density at radius 1 is 1.23 bits per heavy atom. The van der Waals surface area contributed by atoms with Crippen LogP contribution in [0.15, 0.2) is 65.7 Å². The molecule has 2 aromatic rings. The van der Waals surface area contributed by atoms with Crippen LogP contribution in [-0.2, 0) is 4.79 Å². The summed E-state index contributed by atoms with van der Waals surface area (Å²) in [4.78, 5) is 12.7. The summed E-state index contributed by atoms with van der Waals surface area (Å²) in [5, 5.41) is 3.03. The second kappa shape index (κ2) is 10.8. The Kier molecular flexibility index (Phi) is 8.38. The van der Waals surface area contributed by atoms with E-state index in [0.29, 0.717) is 16.5 Å². The van der Waals surface area contributed by atoms with E-state index in [1.54, 1.807) is 24.3 Å². The number of ether oxygens (including phenoxy) is 2. The molecule has 5 N–H and O–H groups in total. The average Bonchev–Trinajstić information content (AvgIpc) is 2.71. The molecule has 0 aliphatic heterocycles. The van der Waals surface area contributed by atoms with Gasteiger partial charge in [-0.25, -0.2) is 4.39 Å². The van der Waals surface area contributed by atoms with Crippen LogP contribution in [0.4, 0.5) is 4.39 Å². The lowest BCUT2D eigenvalue weighted by molar-refractivity contribution is -0.117. The van der Waals surface area contributed by atoms with Crippen LogP contribution in [0, 0.1) is 0 Å². The molecule has 0 fully saturated rings. The van der Waals surface area contributed by atoms with E-state index in [2.05, 4.69) is 5.32 Å². The van der Waals surface area contributed by atoms with Gasteiger partial charge in [0.05, 0.1) is 13.7 Å². The molecule has 1 amide bonds. The van der Waals surface area contributed by atoms with Crippen LogP contribution >= 0.6 is 23.2 Å². The van der Waals surface area contributed by atoms with Gasteiger partial charge in [-0.1, -0.05) is 35.3 Å². The van der Waals surface area contributed by atoms with E-state index < -0.39 is 12.1 Å². The fourth-order valence-corrected chi connectivity index (χ4v) is 3.11. The maximum Gasteiger partial charge on any atom is 0.256 e. The summed E-state index contributed by atoms with van der Waals surface area (Å²) in [6.45, 7) is 1.17. The summed E-state index contributed by atoms with van der Waals surface area (Å²) in [6.07, 6.45) is -0.448. The van der Waals surface area contributed by atoms with Gasteiger partial charge < -0.3 is 26.3 Å². The molecule has 9 heteroatoms. The third-order valence-corrected chi connectivity index (χ3v) is 4.59. The zero-order valence-electron chi connectivity index (χ0n) is 16.4. The van der Waals surface area contributed by atoms with Crippen LogP contribution in [0.5, 0.6) is 11.5 Å². The first kappa shape index (κ1) is 23.4. The summed E-state index contributed by atoms with van der Waals surface area (Å²) < 4.78 is 25.4. The monoisotopic (exact) mass is 453 g/mol. The molecule has 6 nitrogen and oxygen atoms in total. The van der Waals surface area contributed by atoms with Crippen molar-refractivity contribution >= 4 is 29.1 Å². The van der Waals surface area contributed by atoms with Crippen LogP contribution < -0.4 is 26.3 Å². The van der Waals surface area contributed by atoms with Gasteiger partial charge in [0, 0.05) is 33.6 Å². The number of hydrogen-bond donors (Lipinski definition) is 3. The smallest absolute Gasteiger partial charge is 0.256 e. The minimum Gasteiger partial charge on any atom is -0.497 e. The fourth-order valence-electron chi connectivity index (χ4n) is 2.58. The molecular formula is C21H22Cl2FN3O3. The molecule has 2 aromatic carbocycles. The minimum absolute atomic E-state index is 0.0145. The zero-order valence-corrected chi connectivity index (χ0v) is 17.9. The number of benzene rings is 2. The Labute approximate surface area is 184 Å². The molecule has 2 rings (SSSR count). The van der Waals surface area contributed by atoms with Crippen molar-refractivity contribution < 1.29 is 18.7 Å². The SMILES string of the molecule is COc1cccc(OC(=C/N)/C(C(=O)NCC(F)c2ccc(Cl)cc2Cl)=C(/C)N)c1. The van der Waals surface area contributed by atoms with Crippen molar-refractivity contribution in [2.75, 3.05) is 13.7 Å². The first-order chi connectivity index (χ1) is 14.3. The molecule has 0 aromatic heterocycles. The second-order valence-electron chi connectivity index (χ2n) is 6.21. The minimum atomic E-state index is -1.55. The fraction of sp³-hybridized carbons (Fsp3) is 0.190. The van der Waals surface area contributed by atoms with E-state index in [4.69, 9.17) is 44.1 Å². The van der Waals surface area contributed by atoms with Crippen LogP contribution in [0.25, 0.3) is 0 Å². The molecule has 0 radical (unpaired) electrons. The van der Waals surface area contributed by atoms with Gasteiger partial charge in [-0.05, 0) is 31.2 Å². The number of rotatable bonds is 8. The number of nitrogens with two attached hydrogens (primary N) is 2. The standard InChI is InChI=1S/C21H22Cl2FN3O3/c1-12(26)20(19(10-25)30-15-5-3-4-14(9-15)29-2)21(28)27-11-18(24)16-7-6-13(22)8-17(16)23/h3-10,18H,11,25-26H2,1-2H3,(H,27,28)/b19-10+,20-12+. The molecule has 1 unspecified atom stereocenters. The second-order valence-corrected chi connectivity index (χ2v) is 7.06. The van der Waals surface area contributed by atoms with E-state index in [9.17, 15) is 9.18 Å². The highest BCUT2D eigenvalue weighted by atomic mass is 35.5. The summed E-state index contributed by atoms with van der Waals surface area (Å²) in [5.41, 5.74) is 11.9. The van der Waals surface area contributed by atoms with Crippen molar-refractivity contribution in [1.29, 1.82) is 0 Å². The van der Waals surface area contributed by atoms with Gasteiger partial charge in [0.15, 0.2) is 5.76 Å². The van der Waals surface area contributed by atoms with Crippen molar-refractivity contribution in [2.24, 2.45) is 11.5 Å². The summed E-state index contributed by atoms with van der Waals surface area (Å²) in [6, 6.07) is 11.1. The average molecular weight is 454 g/mol. The Hall–Kier alpha value is -2.90. The van der Waals surface area contributed by atoms with Crippen LogP contribution in [0.2, 0.25) is 10.0 Å². The number of allylic oxidation sites excluding steroid dienone is 1. The highest BCUT2D eigenvalue weighted by molar-refractivity contribution is 6.35. The van der Waals surface area contributed by atoms with Crippen LogP contribution in [0.3, 0.4) is 0 Å². The molecule has 0 spiro atoms. The van der Waals surface area contributed by atoms with E-state index in [1.807, 2.05) is 0 Å². The summed E-state index contributed by atoms with van der Waals surface area (Å²) in [7, 11) is 1.52. The molecular weight excluding hydrogens is 432 g/mol. The molecule has 0 aliphatic carbocycles. The normalized spacial score (nSPS) is 13.3. The molecule has 0 saturated heterocycles. The summed E-state index contributed by atoms with van der Waals surface area (Å²) >= 11 is 11.8. The predicted octanol–water partition coefficient (Wildman–Crippen LogP) is 4.24. The van der Waals surface area contributed by atoms with Gasteiger partial charge in [-0.15, -0.1) is 0 Å². The molecule has 0 saturated carbocycles. The first-order valence-corrected chi connectivity index (χ1v) is 9.60. The van der Waals surface area contributed by atoms with E-state index >= 15 is 0 Å². The number of carbonyl (C=O) groups excluding carboxylic acids is 1. The summed E-state index contributed by atoms with van der Waals surface area (Å²) in [5.74, 6) is 0.306. The molecule has 160 valence electrons. The number of nitrogens with one attached hydrogen (secondary N) is 1. The third kappa shape index (κ3) is 6.05. The van der Waals surface area contributed by atoms with Gasteiger partial charge in [-0.3, -0.25) is 4.79 Å². The molecule has 30 heavy (non-hydrogen) atoms. The quantitative estimate of drug-likeness (QED) is 0.315. The number of alkyl halides is 1. The van der Waals surface area contributed by atoms with Gasteiger partial charge in [0.2, 0.25) is 0 Å². The van der Waals surface area contributed by atoms with Crippen molar-refractivity contribution in [3.8, 4) is 11.5 Å². The van der Waals surface area contributed by atoms with E-state index in [-0.39, 0.29) is 34.2 Å². The van der Waals surface area contributed by atoms with Crippen LogP contribution in [0.1, 0.15) is 18.7 Å². The van der Waals surface area contributed by atoms with Gasteiger partial charge in [0.1, 0.15) is 23.2 Å². The number of hydrogen-bond acceptors (Lipinski definition) is 5. The molecule has 1 atom stereocenters. The maximum atomic E-state index is 14.6. The van der Waals surface area contributed by atoms with Gasteiger partial charge >= 0.3 is 0 Å². The topological polar surface area (TPSA) is 99.6 Å². The first-order valence-electron chi connectivity index (χ1n) is 8.84. The Bertz CT molecular complexity index is 976. The van der Waals surface area contributed by atoms with Crippen molar-refractivity contribution in [2.45, 2.75) is 13.1 Å². The molecule has 0 bridgehead atoms.